The molecule has 2 aromatic carbocycles. The van der Waals surface area contributed by atoms with Crippen LogP contribution in [-0.2, 0) is 6.54 Å². The highest BCUT2D eigenvalue weighted by Gasteiger charge is 2.08. The Balaban J connectivity index is 2.18. The second kappa shape index (κ2) is 5.42. The first-order valence-electron chi connectivity index (χ1n) is 5.55. The molecule has 0 saturated heterocycles. The average molecular weight is 244 g/mol. The maximum absolute atomic E-state index is 12.7. The Hall–Kier alpha value is -2.20. The Morgan fingerprint density at radius 2 is 1.78 bits per heavy atom. The zero-order chi connectivity index (χ0) is 13.0. The zero-order valence-corrected chi connectivity index (χ0v) is 9.69. The van der Waals surface area contributed by atoms with Crippen LogP contribution < -0.4 is 11.1 Å². The van der Waals surface area contributed by atoms with Crippen LogP contribution in [0.15, 0.2) is 48.5 Å². The van der Waals surface area contributed by atoms with E-state index >= 15 is 0 Å². The van der Waals surface area contributed by atoms with Gasteiger partial charge in [0, 0.05) is 17.8 Å². The molecule has 0 aromatic heterocycles. The number of carbonyl (C=O) groups is 1. The van der Waals surface area contributed by atoms with Gasteiger partial charge in [0.15, 0.2) is 0 Å². The average Bonchev–Trinajstić information content (AvgIpc) is 2.40. The number of nitrogens with two attached hydrogens (primary N) is 1. The van der Waals surface area contributed by atoms with E-state index in [4.69, 9.17) is 5.73 Å². The number of rotatable bonds is 3. The summed E-state index contributed by atoms with van der Waals surface area (Å²) < 4.78 is 12.7. The normalized spacial score (nSPS) is 10.1. The number of hydrogen-bond acceptors (Lipinski definition) is 2. The number of carbonyl (C=O) groups excluding carboxylic acids is 1. The summed E-state index contributed by atoms with van der Waals surface area (Å²) in [5, 5.41) is 2.76. The second-order valence-corrected chi connectivity index (χ2v) is 3.82. The fourth-order valence-corrected chi connectivity index (χ4v) is 1.62. The molecule has 0 unspecified atom stereocenters. The van der Waals surface area contributed by atoms with Gasteiger partial charge >= 0.3 is 0 Å². The van der Waals surface area contributed by atoms with Gasteiger partial charge in [0.05, 0.1) is 0 Å². The minimum absolute atomic E-state index is 0.282. The predicted octanol–water partition coefficient (Wildman–Crippen LogP) is 2.54. The highest BCUT2D eigenvalue weighted by Crippen LogP contribution is 2.15. The van der Waals surface area contributed by atoms with Crippen LogP contribution in [0.25, 0.3) is 0 Å². The molecule has 0 aliphatic heterocycles. The summed E-state index contributed by atoms with van der Waals surface area (Å²) >= 11 is 0. The molecule has 0 heterocycles. The quantitative estimate of drug-likeness (QED) is 0.871. The van der Waals surface area contributed by atoms with Crippen molar-refractivity contribution in [2.45, 2.75) is 6.54 Å². The highest BCUT2D eigenvalue weighted by atomic mass is 19.1. The van der Waals surface area contributed by atoms with Gasteiger partial charge in [0.2, 0.25) is 0 Å². The van der Waals surface area contributed by atoms with Crippen molar-refractivity contribution in [1.29, 1.82) is 0 Å². The van der Waals surface area contributed by atoms with Crippen molar-refractivity contribution >= 4 is 11.6 Å². The van der Waals surface area contributed by atoms with Crippen LogP contribution in [0.1, 0.15) is 15.9 Å². The van der Waals surface area contributed by atoms with Crippen LogP contribution in [0.5, 0.6) is 0 Å². The first-order valence-corrected chi connectivity index (χ1v) is 5.55. The molecule has 0 saturated carbocycles. The van der Waals surface area contributed by atoms with E-state index < -0.39 is 0 Å². The highest BCUT2D eigenvalue weighted by molar-refractivity contribution is 6.04. The fourth-order valence-electron chi connectivity index (χ4n) is 1.62. The lowest BCUT2D eigenvalue weighted by Crippen LogP contribution is -2.14. The van der Waals surface area contributed by atoms with Gasteiger partial charge in [-0.25, -0.2) is 4.39 Å². The Morgan fingerprint density at radius 3 is 2.44 bits per heavy atom. The van der Waals surface area contributed by atoms with E-state index in [1.54, 1.807) is 6.07 Å². The summed E-state index contributed by atoms with van der Waals surface area (Å²) in [7, 11) is 0. The number of nitrogens with one attached hydrogen (secondary N) is 1. The van der Waals surface area contributed by atoms with E-state index in [1.807, 2.05) is 18.2 Å². The van der Waals surface area contributed by atoms with Gasteiger partial charge in [-0.3, -0.25) is 4.79 Å². The second-order valence-electron chi connectivity index (χ2n) is 3.82. The molecule has 0 bridgehead atoms. The zero-order valence-electron chi connectivity index (χ0n) is 9.69. The fraction of sp³-hybridized carbons (Fsp3) is 0.0714. The van der Waals surface area contributed by atoms with Crippen LogP contribution >= 0.6 is 0 Å². The van der Waals surface area contributed by atoms with Crippen LogP contribution in [0, 0.1) is 5.82 Å². The summed E-state index contributed by atoms with van der Waals surface area (Å²) in [5.41, 5.74) is 7.52. The molecule has 3 nitrogen and oxygen atoms in total. The van der Waals surface area contributed by atoms with E-state index in [-0.39, 0.29) is 11.7 Å². The summed E-state index contributed by atoms with van der Waals surface area (Å²) in [6.07, 6.45) is 0. The largest absolute Gasteiger partial charge is 0.326 e. The molecule has 4 heteroatoms. The molecule has 0 spiro atoms. The molecule has 0 fully saturated rings. The smallest absolute Gasteiger partial charge is 0.255 e. The minimum Gasteiger partial charge on any atom is -0.326 e. The lowest BCUT2D eigenvalue weighted by molar-refractivity contribution is 0.102. The van der Waals surface area contributed by atoms with Gasteiger partial charge in [-0.05, 0) is 35.9 Å². The first-order chi connectivity index (χ1) is 8.70. The van der Waals surface area contributed by atoms with Gasteiger partial charge in [-0.2, -0.15) is 0 Å². The van der Waals surface area contributed by atoms with Gasteiger partial charge in [-0.1, -0.05) is 18.2 Å². The topological polar surface area (TPSA) is 55.1 Å². The first kappa shape index (κ1) is 12.3. The van der Waals surface area contributed by atoms with Crippen molar-refractivity contribution in [3.63, 3.8) is 0 Å². The minimum atomic E-state index is -0.367. The number of anilines is 1. The van der Waals surface area contributed by atoms with Crippen molar-refractivity contribution in [2.24, 2.45) is 5.73 Å². The molecule has 0 atom stereocenters. The van der Waals surface area contributed by atoms with Crippen LogP contribution in [0.2, 0.25) is 0 Å². The van der Waals surface area contributed by atoms with E-state index in [9.17, 15) is 9.18 Å². The predicted molar refractivity (Wildman–Crippen MR) is 68.7 cm³/mol. The Labute approximate surface area is 104 Å². The summed E-state index contributed by atoms with van der Waals surface area (Å²) in [6, 6.07) is 12.7. The Morgan fingerprint density at radius 1 is 1.11 bits per heavy atom. The standard InChI is InChI=1S/C14H13FN2O/c15-12-7-5-10(6-8-12)14(18)17-13-4-2-1-3-11(13)9-16/h1-8H,9,16H2,(H,17,18). The summed E-state index contributed by atoms with van der Waals surface area (Å²) in [6.45, 7) is 0.347. The van der Waals surface area contributed by atoms with Crippen LogP contribution in [0.3, 0.4) is 0 Å². The lowest BCUT2D eigenvalue weighted by atomic mass is 10.1. The van der Waals surface area contributed by atoms with E-state index in [1.165, 1.54) is 24.3 Å². The van der Waals surface area contributed by atoms with E-state index in [0.29, 0.717) is 17.8 Å². The van der Waals surface area contributed by atoms with Crippen molar-refractivity contribution in [3.8, 4) is 0 Å². The third-order valence-corrected chi connectivity index (χ3v) is 2.59. The van der Waals surface area contributed by atoms with Gasteiger partial charge in [0.25, 0.3) is 5.91 Å². The monoisotopic (exact) mass is 244 g/mol. The molecule has 92 valence electrons. The number of benzene rings is 2. The van der Waals surface area contributed by atoms with Crippen LogP contribution in [-0.4, -0.2) is 5.91 Å². The molecule has 0 aliphatic rings. The molecule has 2 rings (SSSR count). The number of para-hydroxylation sites is 1. The van der Waals surface area contributed by atoms with Crippen molar-refractivity contribution < 1.29 is 9.18 Å². The Bertz CT molecular complexity index is 552. The maximum atomic E-state index is 12.7. The summed E-state index contributed by atoms with van der Waals surface area (Å²) in [4.78, 5) is 11.9. The molecular formula is C14H13FN2O. The number of amides is 1. The van der Waals surface area contributed by atoms with Gasteiger partial charge in [-0.15, -0.1) is 0 Å². The maximum Gasteiger partial charge on any atom is 0.255 e. The van der Waals surface area contributed by atoms with E-state index in [2.05, 4.69) is 5.32 Å². The number of halogens is 1. The number of hydrogen-bond donors (Lipinski definition) is 2. The molecule has 0 aliphatic carbocycles. The lowest BCUT2D eigenvalue weighted by Gasteiger charge is -2.09. The SMILES string of the molecule is NCc1ccccc1NC(=O)c1ccc(F)cc1. The molecule has 3 N–H and O–H groups in total. The molecule has 1 amide bonds. The van der Waals surface area contributed by atoms with Crippen molar-refractivity contribution in [3.05, 3.63) is 65.5 Å². The van der Waals surface area contributed by atoms with Gasteiger partial charge < -0.3 is 11.1 Å². The molecular weight excluding hydrogens is 231 g/mol. The van der Waals surface area contributed by atoms with Crippen LogP contribution in [0.4, 0.5) is 10.1 Å². The Kier molecular flexibility index (Phi) is 3.69. The molecule has 0 radical (unpaired) electrons. The van der Waals surface area contributed by atoms with Crippen molar-refractivity contribution in [2.75, 3.05) is 5.32 Å². The summed E-state index contributed by atoms with van der Waals surface area (Å²) in [5.74, 6) is -0.648. The third kappa shape index (κ3) is 2.73. The third-order valence-electron chi connectivity index (χ3n) is 2.59. The molecule has 2 aromatic rings. The van der Waals surface area contributed by atoms with E-state index in [0.717, 1.165) is 5.56 Å². The van der Waals surface area contributed by atoms with Gasteiger partial charge in [0.1, 0.15) is 5.82 Å². The van der Waals surface area contributed by atoms with Crippen molar-refractivity contribution in [1.82, 2.24) is 0 Å². The molecule has 18 heavy (non-hydrogen) atoms.